The SMILES string of the molecule is CC[C@H](C(=O)NC1CCCC1)N(Cc1ccc(Cl)cc1)C(=O)CN(C)S(=O)(=O)c1ccc(C)cc1. The number of halogens is 1. The zero-order chi connectivity index (χ0) is 25.6. The van der Waals surface area contributed by atoms with Crippen molar-refractivity contribution in [3.63, 3.8) is 0 Å². The number of nitrogens with one attached hydrogen (secondary N) is 1. The van der Waals surface area contributed by atoms with E-state index in [1.165, 1.54) is 24.1 Å². The van der Waals surface area contributed by atoms with E-state index in [1.807, 2.05) is 13.8 Å². The zero-order valence-electron chi connectivity index (χ0n) is 20.5. The van der Waals surface area contributed by atoms with Gasteiger partial charge < -0.3 is 10.2 Å². The molecular weight excluding hydrogens is 486 g/mol. The third-order valence-electron chi connectivity index (χ3n) is 6.44. The van der Waals surface area contributed by atoms with E-state index in [9.17, 15) is 18.0 Å². The number of rotatable bonds is 10. The van der Waals surface area contributed by atoms with Crippen molar-refractivity contribution in [1.82, 2.24) is 14.5 Å². The summed E-state index contributed by atoms with van der Waals surface area (Å²) in [5, 5.41) is 3.66. The van der Waals surface area contributed by atoms with Crippen molar-refractivity contribution < 1.29 is 18.0 Å². The minimum atomic E-state index is -3.87. The molecule has 1 N–H and O–H groups in total. The van der Waals surface area contributed by atoms with Crippen LogP contribution in [0.15, 0.2) is 53.4 Å². The van der Waals surface area contributed by atoms with Gasteiger partial charge in [-0.1, -0.05) is 61.2 Å². The molecule has 35 heavy (non-hydrogen) atoms. The summed E-state index contributed by atoms with van der Waals surface area (Å²) in [7, 11) is -2.48. The molecule has 190 valence electrons. The molecule has 1 fully saturated rings. The van der Waals surface area contributed by atoms with Crippen LogP contribution in [0.3, 0.4) is 0 Å². The normalized spacial score (nSPS) is 15.2. The van der Waals surface area contributed by atoms with Crippen LogP contribution in [-0.4, -0.2) is 55.1 Å². The third kappa shape index (κ3) is 7.06. The number of nitrogens with zero attached hydrogens (tertiary/aromatic N) is 2. The molecule has 0 heterocycles. The van der Waals surface area contributed by atoms with Crippen molar-refractivity contribution >= 4 is 33.4 Å². The monoisotopic (exact) mass is 519 g/mol. The Morgan fingerprint density at radius 2 is 1.66 bits per heavy atom. The number of benzene rings is 2. The first kappa shape index (κ1) is 27.2. The molecule has 0 aliphatic heterocycles. The fraction of sp³-hybridized carbons (Fsp3) is 0.462. The van der Waals surface area contributed by atoms with Gasteiger partial charge in [-0.05, 0) is 56.0 Å². The Kier molecular flexibility index (Phi) is 9.33. The van der Waals surface area contributed by atoms with Crippen LogP contribution < -0.4 is 5.32 Å². The summed E-state index contributed by atoms with van der Waals surface area (Å²) < 4.78 is 27.2. The summed E-state index contributed by atoms with van der Waals surface area (Å²) in [5.41, 5.74) is 1.75. The van der Waals surface area contributed by atoms with E-state index in [1.54, 1.807) is 36.4 Å². The van der Waals surface area contributed by atoms with E-state index < -0.39 is 22.0 Å². The van der Waals surface area contributed by atoms with E-state index in [0.717, 1.165) is 41.1 Å². The maximum atomic E-state index is 13.5. The summed E-state index contributed by atoms with van der Waals surface area (Å²) >= 11 is 6.02. The molecule has 1 aliphatic rings. The number of aryl methyl sites for hydroxylation is 1. The average molecular weight is 520 g/mol. The molecule has 0 aromatic heterocycles. The van der Waals surface area contributed by atoms with Gasteiger partial charge in [0.25, 0.3) is 0 Å². The molecule has 1 aliphatic carbocycles. The van der Waals surface area contributed by atoms with Gasteiger partial charge in [-0.25, -0.2) is 8.42 Å². The van der Waals surface area contributed by atoms with Gasteiger partial charge in [0.15, 0.2) is 0 Å². The molecule has 2 amide bonds. The molecule has 9 heteroatoms. The smallest absolute Gasteiger partial charge is 0.243 e. The van der Waals surface area contributed by atoms with Crippen molar-refractivity contribution in [1.29, 1.82) is 0 Å². The van der Waals surface area contributed by atoms with Crippen molar-refractivity contribution in [2.45, 2.75) is 69.5 Å². The van der Waals surface area contributed by atoms with E-state index in [2.05, 4.69) is 5.32 Å². The first-order chi connectivity index (χ1) is 16.6. The van der Waals surface area contributed by atoms with Crippen LogP contribution in [0.1, 0.15) is 50.2 Å². The number of hydrogen-bond donors (Lipinski definition) is 1. The molecule has 2 aromatic carbocycles. The van der Waals surface area contributed by atoms with Gasteiger partial charge >= 0.3 is 0 Å². The van der Waals surface area contributed by atoms with Gasteiger partial charge in [-0.2, -0.15) is 4.31 Å². The topological polar surface area (TPSA) is 86.8 Å². The standard InChI is InChI=1S/C26H34ClN3O4S/c1-4-24(26(32)28-22-7-5-6-8-22)30(17-20-11-13-21(27)14-12-20)25(31)18-29(3)35(33,34)23-15-9-19(2)10-16-23/h9-16,22,24H,4-8,17-18H2,1-3H3,(H,28,32)/t24-/m1/s1. The van der Waals surface area contributed by atoms with Crippen molar-refractivity contribution in [2.24, 2.45) is 0 Å². The fourth-order valence-electron chi connectivity index (χ4n) is 4.33. The maximum absolute atomic E-state index is 13.5. The largest absolute Gasteiger partial charge is 0.352 e. The van der Waals surface area contributed by atoms with Gasteiger partial charge in [-0.15, -0.1) is 0 Å². The lowest BCUT2D eigenvalue weighted by Crippen LogP contribution is -2.53. The molecule has 7 nitrogen and oxygen atoms in total. The third-order valence-corrected chi connectivity index (χ3v) is 8.51. The van der Waals surface area contributed by atoms with Crippen LogP contribution >= 0.6 is 11.6 Å². The lowest BCUT2D eigenvalue weighted by Gasteiger charge is -2.32. The number of carbonyl (C=O) groups is 2. The van der Waals surface area contributed by atoms with Gasteiger partial charge in [0.05, 0.1) is 11.4 Å². The average Bonchev–Trinajstić information content (AvgIpc) is 3.33. The number of sulfonamides is 1. The second-order valence-corrected chi connectivity index (χ2v) is 11.6. The molecule has 0 spiro atoms. The van der Waals surface area contributed by atoms with Crippen LogP contribution in [-0.2, 0) is 26.2 Å². The lowest BCUT2D eigenvalue weighted by atomic mass is 10.1. The first-order valence-corrected chi connectivity index (χ1v) is 13.8. The Bertz CT molecular complexity index is 1110. The van der Waals surface area contributed by atoms with Crippen LogP contribution in [0.25, 0.3) is 0 Å². The highest BCUT2D eigenvalue weighted by atomic mass is 35.5. The first-order valence-electron chi connectivity index (χ1n) is 12.0. The molecule has 1 atom stereocenters. The molecular formula is C26H34ClN3O4S. The number of carbonyl (C=O) groups excluding carboxylic acids is 2. The summed E-state index contributed by atoms with van der Waals surface area (Å²) in [6, 6.07) is 13.0. The highest BCUT2D eigenvalue weighted by Gasteiger charge is 2.33. The van der Waals surface area contributed by atoms with Crippen LogP contribution in [0.4, 0.5) is 0 Å². The Hall–Kier alpha value is -2.42. The minimum Gasteiger partial charge on any atom is -0.352 e. The summed E-state index contributed by atoms with van der Waals surface area (Å²) in [5.74, 6) is -0.641. The molecule has 3 rings (SSSR count). The van der Waals surface area contributed by atoms with Gasteiger partial charge in [0.2, 0.25) is 21.8 Å². The van der Waals surface area contributed by atoms with Crippen molar-refractivity contribution in [3.05, 3.63) is 64.7 Å². The van der Waals surface area contributed by atoms with Crippen LogP contribution in [0.5, 0.6) is 0 Å². The van der Waals surface area contributed by atoms with Crippen LogP contribution in [0, 0.1) is 6.92 Å². The van der Waals surface area contributed by atoms with Crippen molar-refractivity contribution in [2.75, 3.05) is 13.6 Å². The Labute approximate surface area is 213 Å². The van der Waals surface area contributed by atoms with E-state index in [4.69, 9.17) is 11.6 Å². The fourth-order valence-corrected chi connectivity index (χ4v) is 5.58. The Balaban J connectivity index is 1.83. The maximum Gasteiger partial charge on any atom is 0.243 e. The highest BCUT2D eigenvalue weighted by Crippen LogP contribution is 2.21. The predicted octanol–water partition coefficient (Wildman–Crippen LogP) is 4.14. The number of hydrogen-bond acceptors (Lipinski definition) is 4. The highest BCUT2D eigenvalue weighted by molar-refractivity contribution is 7.89. The predicted molar refractivity (Wildman–Crippen MR) is 137 cm³/mol. The van der Waals surface area contributed by atoms with Gasteiger partial charge in [0, 0.05) is 24.7 Å². The van der Waals surface area contributed by atoms with E-state index in [0.29, 0.717) is 11.4 Å². The van der Waals surface area contributed by atoms with E-state index in [-0.39, 0.29) is 29.9 Å². The summed E-state index contributed by atoms with van der Waals surface area (Å²) in [4.78, 5) is 28.3. The van der Waals surface area contributed by atoms with E-state index >= 15 is 0 Å². The molecule has 0 bridgehead atoms. The van der Waals surface area contributed by atoms with Crippen LogP contribution in [0.2, 0.25) is 5.02 Å². The molecule has 0 unspecified atom stereocenters. The quantitative estimate of drug-likeness (QED) is 0.511. The van der Waals surface area contributed by atoms with Crippen molar-refractivity contribution in [3.8, 4) is 0 Å². The Morgan fingerprint density at radius 1 is 1.06 bits per heavy atom. The molecule has 0 radical (unpaired) electrons. The number of likely N-dealkylation sites (N-methyl/N-ethyl adjacent to an activating group) is 1. The second kappa shape index (κ2) is 12.0. The number of amides is 2. The molecule has 0 saturated heterocycles. The molecule has 1 saturated carbocycles. The van der Waals surface area contributed by atoms with Gasteiger partial charge in [-0.3, -0.25) is 9.59 Å². The van der Waals surface area contributed by atoms with Gasteiger partial charge in [0.1, 0.15) is 6.04 Å². The molecule has 2 aromatic rings. The minimum absolute atomic E-state index is 0.119. The lowest BCUT2D eigenvalue weighted by molar-refractivity contribution is -0.141. The Morgan fingerprint density at radius 3 is 2.23 bits per heavy atom. The summed E-state index contributed by atoms with van der Waals surface area (Å²) in [6.45, 7) is 3.52. The zero-order valence-corrected chi connectivity index (χ0v) is 22.1. The second-order valence-electron chi connectivity index (χ2n) is 9.14. The summed E-state index contributed by atoms with van der Waals surface area (Å²) in [6.07, 6.45) is 4.44.